The lowest BCUT2D eigenvalue weighted by Crippen LogP contribution is -2.38. The zero-order valence-electron chi connectivity index (χ0n) is 14.7. The number of oxime groups is 1. The van der Waals surface area contributed by atoms with Crippen molar-refractivity contribution in [2.24, 2.45) is 5.16 Å². The predicted molar refractivity (Wildman–Crippen MR) is 101 cm³/mol. The molecule has 5 heteroatoms. The van der Waals surface area contributed by atoms with Crippen LogP contribution in [0.15, 0.2) is 59.8 Å². The van der Waals surface area contributed by atoms with Crippen molar-refractivity contribution in [3.8, 4) is 5.75 Å². The SMILES string of the molecule is O=C(COc1ccc(/C(=N/O)c2ccccc2)cc1)NC1CCCCC1. The molecule has 2 aromatic rings. The molecule has 1 aliphatic rings. The summed E-state index contributed by atoms with van der Waals surface area (Å²) in [6.45, 7) is 0.00940. The average molecular weight is 352 g/mol. The third kappa shape index (κ3) is 4.85. The van der Waals surface area contributed by atoms with Gasteiger partial charge in [0.25, 0.3) is 5.91 Å². The molecule has 3 rings (SSSR count). The number of hydrogen-bond donors (Lipinski definition) is 2. The van der Waals surface area contributed by atoms with Crippen LogP contribution in [-0.4, -0.2) is 29.5 Å². The Balaban J connectivity index is 1.55. The third-order valence-electron chi connectivity index (χ3n) is 4.62. The standard InChI is InChI=1S/C21H24N2O3/c24-20(22-18-9-5-2-6-10-18)15-26-19-13-11-17(12-14-19)21(23-25)16-7-3-1-4-8-16/h1,3-4,7-8,11-14,18,25H,2,5-6,9-10,15H2,(H,22,24)/b23-21+. The highest BCUT2D eigenvalue weighted by Crippen LogP contribution is 2.18. The molecule has 136 valence electrons. The molecule has 2 aromatic carbocycles. The highest BCUT2D eigenvalue weighted by Gasteiger charge is 2.16. The molecule has 0 aliphatic heterocycles. The maximum atomic E-state index is 12.0. The molecule has 26 heavy (non-hydrogen) atoms. The number of nitrogens with zero attached hydrogens (tertiary/aromatic N) is 1. The van der Waals surface area contributed by atoms with Gasteiger partial charge in [0.15, 0.2) is 6.61 Å². The van der Waals surface area contributed by atoms with Crippen LogP contribution in [0.1, 0.15) is 43.2 Å². The smallest absolute Gasteiger partial charge is 0.258 e. The van der Waals surface area contributed by atoms with Crippen molar-refractivity contribution in [3.63, 3.8) is 0 Å². The lowest BCUT2D eigenvalue weighted by atomic mass is 9.95. The van der Waals surface area contributed by atoms with Gasteiger partial charge in [-0.1, -0.05) is 54.8 Å². The Bertz CT molecular complexity index is 736. The van der Waals surface area contributed by atoms with Crippen molar-refractivity contribution in [3.05, 3.63) is 65.7 Å². The van der Waals surface area contributed by atoms with E-state index >= 15 is 0 Å². The Morgan fingerprint density at radius 3 is 2.31 bits per heavy atom. The second-order valence-corrected chi connectivity index (χ2v) is 6.53. The van der Waals surface area contributed by atoms with E-state index in [4.69, 9.17) is 4.74 Å². The predicted octanol–water partition coefficient (Wildman–Crippen LogP) is 3.74. The van der Waals surface area contributed by atoms with E-state index in [-0.39, 0.29) is 18.6 Å². The number of nitrogens with one attached hydrogen (secondary N) is 1. The van der Waals surface area contributed by atoms with Crippen molar-refractivity contribution in [2.45, 2.75) is 38.1 Å². The van der Waals surface area contributed by atoms with Crippen LogP contribution in [0.2, 0.25) is 0 Å². The highest BCUT2D eigenvalue weighted by molar-refractivity contribution is 6.12. The molecule has 0 atom stereocenters. The molecule has 0 radical (unpaired) electrons. The maximum absolute atomic E-state index is 12.0. The van der Waals surface area contributed by atoms with Crippen LogP contribution in [-0.2, 0) is 4.79 Å². The first-order valence-corrected chi connectivity index (χ1v) is 9.06. The Morgan fingerprint density at radius 2 is 1.65 bits per heavy atom. The highest BCUT2D eigenvalue weighted by atomic mass is 16.5. The second kappa shape index (κ2) is 9.04. The molecule has 1 aliphatic carbocycles. The molecule has 1 amide bonds. The van der Waals surface area contributed by atoms with Crippen molar-refractivity contribution in [1.29, 1.82) is 0 Å². The summed E-state index contributed by atoms with van der Waals surface area (Å²) in [7, 11) is 0. The minimum atomic E-state index is -0.0807. The van der Waals surface area contributed by atoms with E-state index in [2.05, 4.69) is 10.5 Å². The van der Waals surface area contributed by atoms with Crippen LogP contribution in [0, 0.1) is 0 Å². The summed E-state index contributed by atoms with van der Waals surface area (Å²) in [5.41, 5.74) is 2.10. The van der Waals surface area contributed by atoms with Gasteiger partial charge in [-0.05, 0) is 37.1 Å². The third-order valence-corrected chi connectivity index (χ3v) is 4.62. The molecular formula is C21H24N2O3. The van der Waals surface area contributed by atoms with E-state index in [1.807, 2.05) is 42.5 Å². The maximum Gasteiger partial charge on any atom is 0.258 e. The van der Waals surface area contributed by atoms with Gasteiger partial charge in [-0.2, -0.15) is 0 Å². The minimum Gasteiger partial charge on any atom is -0.484 e. The van der Waals surface area contributed by atoms with Crippen LogP contribution in [0.3, 0.4) is 0 Å². The van der Waals surface area contributed by atoms with Crippen molar-refractivity contribution < 1.29 is 14.7 Å². The van der Waals surface area contributed by atoms with Gasteiger partial charge in [0.2, 0.25) is 0 Å². The van der Waals surface area contributed by atoms with Gasteiger partial charge < -0.3 is 15.3 Å². The Labute approximate surface area is 153 Å². The van der Waals surface area contributed by atoms with E-state index in [1.54, 1.807) is 12.1 Å². The fraction of sp³-hybridized carbons (Fsp3) is 0.333. The lowest BCUT2D eigenvalue weighted by molar-refractivity contribution is -0.124. The first-order chi connectivity index (χ1) is 12.8. The van der Waals surface area contributed by atoms with Crippen LogP contribution < -0.4 is 10.1 Å². The summed E-state index contributed by atoms with van der Waals surface area (Å²) < 4.78 is 5.57. The van der Waals surface area contributed by atoms with E-state index < -0.39 is 0 Å². The largest absolute Gasteiger partial charge is 0.484 e. The molecule has 0 heterocycles. The molecule has 1 saturated carbocycles. The number of carbonyl (C=O) groups excluding carboxylic acids is 1. The number of carbonyl (C=O) groups is 1. The summed E-state index contributed by atoms with van der Waals surface area (Å²) in [6, 6.07) is 16.9. The fourth-order valence-electron chi connectivity index (χ4n) is 3.25. The summed E-state index contributed by atoms with van der Waals surface area (Å²) >= 11 is 0. The molecule has 2 N–H and O–H groups in total. The Kier molecular flexibility index (Phi) is 6.25. The number of ether oxygens (including phenoxy) is 1. The van der Waals surface area contributed by atoms with Crippen LogP contribution in [0.5, 0.6) is 5.75 Å². The van der Waals surface area contributed by atoms with Crippen LogP contribution >= 0.6 is 0 Å². The van der Waals surface area contributed by atoms with Gasteiger partial charge in [-0.3, -0.25) is 4.79 Å². The zero-order chi connectivity index (χ0) is 18.2. The molecule has 0 spiro atoms. The molecule has 5 nitrogen and oxygen atoms in total. The van der Waals surface area contributed by atoms with Crippen molar-refractivity contribution in [2.75, 3.05) is 6.61 Å². The normalized spacial score (nSPS) is 15.5. The zero-order valence-corrected chi connectivity index (χ0v) is 14.7. The molecular weight excluding hydrogens is 328 g/mol. The van der Waals surface area contributed by atoms with E-state index in [9.17, 15) is 10.0 Å². The van der Waals surface area contributed by atoms with Crippen LogP contribution in [0.25, 0.3) is 0 Å². The van der Waals surface area contributed by atoms with Gasteiger partial charge in [0.05, 0.1) is 0 Å². The van der Waals surface area contributed by atoms with Gasteiger partial charge >= 0.3 is 0 Å². The lowest BCUT2D eigenvalue weighted by Gasteiger charge is -2.22. The number of benzene rings is 2. The monoisotopic (exact) mass is 352 g/mol. The fourth-order valence-corrected chi connectivity index (χ4v) is 3.25. The Hall–Kier alpha value is -2.82. The van der Waals surface area contributed by atoms with Gasteiger partial charge in [0, 0.05) is 17.2 Å². The Morgan fingerprint density at radius 1 is 1.00 bits per heavy atom. The quantitative estimate of drug-likeness (QED) is 0.473. The molecule has 0 bridgehead atoms. The summed E-state index contributed by atoms with van der Waals surface area (Å²) in [5, 5.41) is 15.8. The first kappa shape index (κ1) is 18.0. The van der Waals surface area contributed by atoms with Gasteiger partial charge in [-0.15, -0.1) is 0 Å². The van der Waals surface area contributed by atoms with Gasteiger partial charge in [-0.25, -0.2) is 0 Å². The second-order valence-electron chi connectivity index (χ2n) is 6.53. The summed E-state index contributed by atoms with van der Waals surface area (Å²) in [6.07, 6.45) is 5.75. The summed E-state index contributed by atoms with van der Waals surface area (Å²) in [5.74, 6) is 0.528. The minimum absolute atomic E-state index is 0.00940. The summed E-state index contributed by atoms with van der Waals surface area (Å²) in [4.78, 5) is 12.0. The topological polar surface area (TPSA) is 70.9 Å². The first-order valence-electron chi connectivity index (χ1n) is 9.06. The molecule has 0 saturated heterocycles. The van der Waals surface area contributed by atoms with Gasteiger partial charge in [0.1, 0.15) is 11.5 Å². The van der Waals surface area contributed by atoms with Crippen molar-refractivity contribution >= 4 is 11.6 Å². The number of rotatable bonds is 6. The van der Waals surface area contributed by atoms with Crippen LogP contribution in [0.4, 0.5) is 0 Å². The molecule has 1 fully saturated rings. The van der Waals surface area contributed by atoms with E-state index in [0.29, 0.717) is 11.5 Å². The molecule has 0 unspecified atom stereocenters. The van der Waals surface area contributed by atoms with Crippen molar-refractivity contribution in [1.82, 2.24) is 5.32 Å². The number of hydrogen-bond acceptors (Lipinski definition) is 4. The molecule has 0 aromatic heterocycles. The average Bonchev–Trinajstić information content (AvgIpc) is 2.69. The van der Waals surface area contributed by atoms with E-state index in [0.717, 1.165) is 24.0 Å². The van der Waals surface area contributed by atoms with E-state index in [1.165, 1.54) is 19.3 Å². The number of amides is 1.